The zero-order valence-corrected chi connectivity index (χ0v) is 16.5. The number of nitrogens with zero attached hydrogens (tertiary/aromatic N) is 1. The van der Waals surface area contributed by atoms with Gasteiger partial charge in [-0.2, -0.15) is 0 Å². The van der Waals surface area contributed by atoms with E-state index in [1.807, 2.05) is 0 Å². The normalized spacial score (nSPS) is 10.3. The highest BCUT2D eigenvalue weighted by atomic mass is 32.2. The number of carboxylic acid groups (broad SMARTS) is 2. The third-order valence-electron chi connectivity index (χ3n) is 4.13. The van der Waals surface area contributed by atoms with Crippen molar-refractivity contribution < 1.29 is 29.5 Å². The number of anilines is 1. The molecule has 0 atom stereocenters. The van der Waals surface area contributed by atoms with E-state index in [9.17, 15) is 29.6 Å². The SMILES string of the molecule is O=C(Nc1ccccc1Sc1ccc(C(=O)O)c(C(=O)O)c1)c1cccc([N+](=O)[O-])c1. The lowest BCUT2D eigenvalue weighted by molar-refractivity contribution is -0.384. The van der Waals surface area contributed by atoms with Gasteiger partial charge < -0.3 is 15.5 Å². The van der Waals surface area contributed by atoms with Crippen LogP contribution in [-0.2, 0) is 0 Å². The number of carbonyl (C=O) groups excluding carboxylic acids is 1. The molecule has 3 rings (SSSR count). The van der Waals surface area contributed by atoms with E-state index < -0.39 is 22.8 Å². The summed E-state index contributed by atoms with van der Waals surface area (Å²) >= 11 is 1.13. The molecule has 0 radical (unpaired) electrons. The van der Waals surface area contributed by atoms with Crippen LogP contribution in [0.4, 0.5) is 11.4 Å². The van der Waals surface area contributed by atoms with Gasteiger partial charge in [-0.05, 0) is 36.4 Å². The molecule has 3 aromatic carbocycles. The van der Waals surface area contributed by atoms with Crippen LogP contribution in [0.1, 0.15) is 31.1 Å². The average Bonchev–Trinajstić information content (AvgIpc) is 2.74. The molecule has 0 aromatic heterocycles. The predicted octanol–water partition coefficient (Wildman–Crippen LogP) is 4.39. The van der Waals surface area contributed by atoms with Crippen LogP contribution >= 0.6 is 11.8 Å². The maximum absolute atomic E-state index is 12.6. The summed E-state index contributed by atoms with van der Waals surface area (Å²) in [6.45, 7) is 0. The Balaban J connectivity index is 1.88. The Morgan fingerprint density at radius 1 is 0.871 bits per heavy atom. The molecule has 0 saturated heterocycles. The molecule has 1 amide bonds. The summed E-state index contributed by atoms with van der Waals surface area (Å²) < 4.78 is 0. The van der Waals surface area contributed by atoms with Gasteiger partial charge in [-0.3, -0.25) is 14.9 Å². The zero-order chi connectivity index (χ0) is 22.5. The van der Waals surface area contributed by atoms with Gasteiger partial charge in [-0.1, -0.05) is 30.0 Å². The smallest absolute Gasteiger partial charge is 0.336 e. The zero-order valence-electron chi connectivity index (χ0n) is 15.6. The highest BCUT2D eigenvalue weighted by Gasteiger charge is 2.18. The van der Waals surface area contributed by atoms with Crippen LogP contribution in [0, 0.1) is 10.1 Å². The topological polar surface area (TPSA) is 147 Å². The number of nitro groups is 1. The standard InChI is InChI=1S/C21H14N2O7S/c24-19(12-4-3-5-13(10-12)23(29)30)22-17-6-1-2-7-18(17)31-14-8-9-15(20(25)26)16(11-14)21(27)28/h1-11H,(H,22,24)(H,25,26)(H,27,28). The van der Waals surface area contributed by atoms with Gasteiger partial charge in [-0.25, -0.2) is 9.59 Å². The van der Waals surface area contributed by atoms with Gasteiger partial charge in [0.25, 0.3) is 11.6 Å². The second-order valence-electron chi connectivity index (χ2n) is 6.18. The van der Waals surface area contributed by atoms with Crippen molar-refractivity contribution >= 4 is 41.0 Å². The number of nitrogens with one attached hydrogen (secondary N) is 1. The van der Waals surface area contributed by atoms with E-state index in [-0.39, 0.29) is 22.4 Å². The third-order valence-corrected chi connectivity index (χ3v) is 5.20. The van der Waals surface area contributed by atoms with Crippen LogP contribution < -0.4 is 5.32 Å². The summed E-state index contributed by atoms with van der Waals surface area (Å²) in [4.78, 5) is 46.5. The van der Waals surface area contributed by atoms with Crippen LogP contribution in [0.5, 0.6) is 0 Å². The van der Waals surface area contributed by atoms with E-state index >= 15 is 0 Å². The first-order valence-electron chi connectivity index (χ1n) is 8.69. The molecule has 0 bridgehead atoms. The Morgan fingerprint density at radius 3 is 2.26 bits per heavy atom. The van der Waals surface area contributed by atoms with Crippen molar-refractivity contribution in [2.24, 2.45) is 0 Å². The van der Waals surface area contributed by atoms with Crippen LogP contribution in [0.25, 0.3) is 0 Å². The molecule has 156 valence electrons. The monoisotopic (exact) mass is 438 g/mol. The molecule has 3 aromatic rings. The first-order valence-corrected chi connectivity index (χ1v) is 9.51. The fourth-order valence-corrected chi connectivity index (χ4v) is 3.63. The number of benzene rings is 3. The molecule has 3 N–H and O–H groups in total. The quantitative estimate of drug-likeness (QED) is 0.363. The summed E-state index contributed by atoms with van der Waals surface area (Å²) in [5.74, 6) is -3.27. The molecular weight excluding hydrogens is 424 g/mol. The Labute approximate surface area is 179 Å². The van der Waals surface area contributed by atoms with E-state index in [1.165, 1.54) is 36.4 Å². The summed E-state index contributed by atoms with van der Waals surface area (Å²) in [6, 6.07) is 15.9. The van der Waals surface area contributed by atoms with Crippen molar-refractivity contribution in [3.63, 3.8) is 0 Å². The number of amides is 1. The highest BCUT2D eigenvalue weighted by molar-refractivity contribution is 7.99. The minimum Gasteiger partial charge on any atom is -0.478 e. The Kier molecular flexibility index (Phi) is 6.32. The largest absolute Gasteiger partial charge is 0.478 e. The number of aromatic carboxylic acids is 2. The molecule has 0 fully saturated rings. The molecule has 0 unspecified atom stereocenters. The second kappa shape index (κ2) is 9.09. The number of hydrogen-bond acceptors (Lipinski definition) is 6. The number of hydrogen-bond donors (Lipinski definition) is 3. The maximum atomic E-state index is 12.6. The van der Waals surface area contributed by atoms with Gasteiger partial charge >= 0.3 is 11.9 Å². The maximum Gasteiger partial charge on any atom is 0.336 e. The minimum absolute atomic E-state index is 0.105. The molecule has 9 nitrogen and oxygen atoms in total. The summed E-state index contributed by atoms with van der Waals surface area (Å²) in [5.41, 5.74) is -0.383. The summed E-state index contributed by atoms with van der Waals surface area (Å²) in [7, 11) is 0. The van der Waals surface area contributed by atoms with Crippen molar-refractivity contribution in [2.75, 3.05) is 5.32 Å². The summed E-state index contributed by atoms with van der Waals surface area (Å²) in [6.07, 6.45) is 0. The average molecular weight is 438 g/mol. The van der Waals surface area contributed by atoms with E-state index in [0.717, 1.165) is 17.8 Å². The van der Waals surface area contributed by atoms with Crippen molar-refractivity contribution in [3.8, 4) is 0 Å². The van der Waals surface area contributed by atoms with Crippen LogP contribution in [0.2, 0.25) is 0 Å². The number of non-ortho nitro benzene ring substituents is 1. The van der Waals surface area contributed by atoms with Crippen LogP contribution in [-0.4, -0.2) is 33.0 Å². The lowest BCUT2D eigenvalue weighted by atomic mass is 10.1. The lowest BCUT2D eigenvalue weighted by Crippen LogP contribution is -2.12. The number of nitro benzene ring substituents is 1. The molecule has 0 spiro atoms. The van der Waals surface area contributed by atoms with E-state index in [1.54, 1.807) is 24.3 Å². The first kappa shape index (κ1) is 21.5. The predicted molar refractivity (Wildman–Crippen MR) is 112 cm³/mol. The fraction of sp³-hybridized carbons (Fsp3) is 0. The second-order valence-corrected chi connectivity index (χ2v) is 7.29. The highest BCUT2D eigenvalue weighted by Crippen LogP contribution is 2.34. The third kappa shape index (κ3) is 5.06. The fourth-order valence-electron chi connectivity index (χ4n) is 2.69. The van der Waals surface area contributed by atoms with Gasteiger partial charge in [-0.15, -0.1) is 0 Å². The van der Waals surface area contributed by atoms with Crippen molar-refractivity contribution in [1.29, 1.82) is 0 Å². The van der Waals surface area contributed by atoms with Crippen LogP contribution in [0.3, 0.4) is 0 Å². The van der Waals surface area contributed by atoms with E-state index in [0.29, 0.717) is 15.5 Å². The van der Waals surface area contributed by atoms with Crippen molar-refractivity contribution in [2.45, 2.75) is 9.79 Å². The number of para-hydroxylation sites is 1. The minimum atomic E-state index is -1.37. The number of carboxylic acids is 2. The van der Waals surface area contributed by atoms with Gasteiger partial charge in [0.1, 0.15) is 0 Å². The van der Waals surface area contributed by atoms with Gasteiger partial charge in [0, 0.05) is 27.5 Å². The van der Waals surface area contributed by atoms with Gasteiger partial charge in [0.05, 0.1) is 21.7 Å². The Morgan fingerprint density at radius 2 is 1.58 bits per heavy atom. The molecular formula is C21H14N2O7S. The lowest BCUT2D eigenvalue weighted by Gasteiger charge is -2.12. The van der Waals surface area contributed by atoms with Gasteiger partial charge in [0.15, 0.2) is 0 Å². The van der Waals surface area contributed by atoms with Gasteiger partial charge in [0.2, 0.25) is 0 Å². The van der Waals surface area contributed by atoms with E-state index in [2.05, 4.69) is 5.32 Å². The van der Waals surface area contributed by atoms with Crippen molar-refractivity contribution in [3.05, 3.63) is 93.5 Å². The first-order chi connectivity index (χ1) is 14.8. The number of rotatable bonds is 7. The summed E-state index contributed by atoms with van der Waals surface area (Å²) in [5, 5.41) is 32.0. The molecule has 0 aliphatic rings. The molecule has 0 aliphatic carbocycles. The van der Waals surface area contributed by atoms with E-state index in [4.69, 9.17) is 5.11 Å². The van der Waals surface area contributed by atoms with Crippen molar-refractivity contribution in [1.82, 2.24) is 0 Å². The molecule has 0 heterocycles. The Bertz CT molecular complexity index is 1210. The number of carbonyl (C=O) groups is 3. The molecule has 31 heavy (non-hydrogen) atoms. The Hall–Kier alpha value is -4.18. The molecule has 0 aliphatic heterocycles. The molecule has 10 heteroatoms. The molecule has 0 saturated carbocycles. The van der Waals surface area contributed by atoms with Crippen LogP contribution in [0.15, 0.2) is 76.5 Å².